The molecule has 1 aromatic heterocycles. The van der Waals surface area contributed by atoms with Crippen LogP contribution < -0.4 is 15.0 Å². The van der Waals surface area contributed by atoms with Gasteiger partial charge >= 0.3 is 0 Å². The fraction of sp³-hybridized carbons (Fsp3) is 0.250. The van der Waals surface area contributed by atoms with Gasteiger partial charge in [0.1, 0.15) is 5.75 Å². The highest BCUT2D eigenvalue weighted by molar-refractivity contribution is 5.66. The summed E-state index contributed by atoms with van der Waals surface area (Å²) in [5, 5.41) is 11.7. The van der Waals surface area contributed by atoms with E-state index in [1.54, 1.807) is 6.20 Å². The van der Waals surface area contributed by atoms with Gasteiger partial charge in [0.25, 0.3) is 5.95 Å². The van der Waals surface area contributed by atoms with E-state index >= 15 is 0 Å². The lowest BCUT2D eigenvalue weighted by molar-refractivity contribution is 0.342. The number of fused-ring (bicyclic) bond motifs is 1. The number of hydrogen-bond acceptors (Lipinski definition) is 6. The Hall–Kier alpha value is -3.15. The zero-order valence-corrected chi connectivity index (χ0v) is 14.7. The zero-order chi connectivity index (χ0) is 17.8. The number of nitrogens with zero attached hydrogens (tertiary/aromatic N) is 4. The molecule has 0 saturated carbocycles. The van der Waals surface area contributed by atoms with E-state index in [1.807, 2.05) is 37.3 Å². The number of nitrogens with one attached hydrogen (secondary N) is 1. The van der Waals surface area contributed by atoms with Gasteiger partial charge in [0.05, 0.1) is 18.5 Å². The quantitative estimate of drug-likeness (QED) is 0.750. The molecule has 2 aromatic carbocycles. The molecule has 0 fully saturated rings. The lowest BCUT2D eigenvalue weighted by Gasteiger charge is -2.29. The van der Waals surface area contributed by atoms with Crippen molar-refractivity contribution in [1.82, 2.24) is 15.2 Å². The van der Waals surface area contributed by atoms with E-state index < -0.39 is 0 Å². The number of aromatic nitrogens is 3. The highest BCUT2D eigenvalue weighted by atomic mass is 16.5. The molecule has 132 valence electrons. The Kier molecular flexibility index (Phi) is 4.64. The van der Waals surface area contributed by atoms with Gasteiger partial charge in [-0.05, 0) is 43.5 Å². The first-order chi connectivity index (χ1) is 12.8. The molecular formula is C20H21N5O. The Bertz CT molecular complexity index is 899. The van der Waals surface area contributed by atoms with Crippen LogP contribution in [-0.2, 0) is 6.42 Å². The molecule has 0 saturated heterocycles. The van der Waals surface area contributed by atoms with Gasteiger partial charge in [-0.3, -0.25) is 0 Å². The molecule has 0 atom stereocenters. The zero-order valence-electron chi connectivity index (χ0n) is 14.7. The van der Waals surface area contributed by atoms with Crippen LogP contribution in [0.3, 0.4) is 0 Å². The molecule has 1 aliphatic heterocycles. The second kappa shape index (κ2) is 7.39. The van der Waals surface area contributed by atoms with Crippen molar-refractivity contribution in [2.45, 2.75) is 19.8 Å². The van der Waals surface area contributed by atoms with Gasteiger partial charge in [-0.1, -0.05) is 30.3 Å². The van der Waals surface area contributed by atoms with Gasteiger partial charge in [0, 0.05) is 12.2 Å². The predicted molar refractivity (Wildman–Crippen MR) is 102 cm³/mol. The summed E-state index contributed by atoms with van der Waals surface area (Å²) in [4.78, 5) is 6.81. The minimum absolute atomic E-state index is 0.607. The van der Waals surface area contributed by atoms with Crippen LogP contribution in [0.15, 0.2) is 54.7 Å². The second-order valence-electron chi connectivity index (χ2n) is 6.08. The minimum Gasteiger partial charge on any atom is -0.492 e. The monoisotopic (exact) mass is 347 g/mol. The maximum atomic E-state index is 5.67. The Morgan fingerprint density at radius 1 is 1.12 bits per heavy atom. The summed E-state index contributed by atoms with van der Waals surface area (Å²) in [6.45, 7) is 3.46. The highest BCUT2D eigenvalue weighted by Crippen LogP contribution is 2.32. The van der Waals surface area contributed by atoms with Crippen molar-refractivity contribution in [3.63, 3.8) is 0 Å². The summed E-state index contributed by atoms with van der Waals surface area (Å²) < 4.78 is 5.67. The number of aryl methyl sites for hydroxylation is 1. The van der Waals surface area contributed by atoms with Crippen LogP contribution in [0.2, 0.25) is 0 Å². The molecular weight excluding hydrogens is 326 g/mol. The third kappa shape index (κ3) is 3.31. The molecule has 0 bridgehead atoms. The van der Waals surface area contributed by atoms with E-state index in [2.05, 4.69) is 43.6 Å². The maximum Gasteiger partial charge on any atom is 0.251 e. The van der Waals surface area contributed by atoms with Crippen molar-refractivity contribution < 1.29 is 4.74 Å². The number of rotatable bonds is 5. The van der Waals surface area contributed by atoms with Crippen molar-refractivity contribution in [3.8, 4) is 5.75 Å². The number of benzene rings is 2. The van der Waals surface area contributed by atoms with Crippen LogP contribution in [0.5, 0.6) is 5.75 Å². The van der Waals surface area contributed by atoms with Gasteiger partial charge < -0.3 is 15.0 Å². The average molecular weight is 347 g/mol. The number of anilines is 4. The van der Waals surface area contributed by atoms with Gasteiger partial charge in [-0.2, -0.15) is 10.1 Å². The lowest BCUT2D eigenvalue weighted by atomic mass is 10.0. The van der Waals surface area contributed by atoms with Crippen LogP contribution in [0.1, 0.15) is 18.9 Å². The first-order valence-corrected chi connectivity index (χ1v) is 8.89. The minimum atomic E-state index is 0.607. The summed E-state index contributed by atoms with van der Waals surface area (Å²) in [6, 6.07) is 16.2. The van der Waals surface area contributed by atoms with Crippen LogP contribution in [0.25, 0.3) is 0 Å². The molecule has 26 heavy (non-hydrogen) atoms. The summed E-state index contributed by atoms with van der Waals surface area (Å²) in [7, 11) is 0. The molecule has 6 heteroatoms. The van der Waals surface area contributed by atoms with E-state index in [-0.39, 0.29) is 0 Å². The molecule has 0 aliphatic carbocycles. The van der Waals surface area contributed by atoms with E-state index in [4.69, 9.17) is 4.74 Å². The molecule has 1 aliphatic rings. The van der Waals surface area contributed by atoms with Crippen molar-refractivity contribution in [1.29, 1.82) is 0 Å². The molecule has 0 radical (unpaired) electrons. The fourth-order valence-electron chi connectivity index (χ4n) is 3.20. The number of para-hydroxylation sites is 3. The Morgan fingerprint density at radius 2 is 1.96 bits per heavy atom. The van der Waals surface area contributed by atoms with Crippen molar-refractivity contribution in [2.24, 2.45) is 0 Å². The standard InChI is InChI=1S/C20H21N5O/c1-2-26-18-12-6-4-10-16(18)22-19-14-21-24-20(23-19)25-13-7-9-15-8-3-5-11-17(15)25/h3-6,8,10-12,14H,2,7,9,13H2,1H3,(H,22,23,24). The van der Waals surface area contributed by atoms with Crippen LogP contribution in [-0.4, -0.2) is 28.3 Å². The normalized spacial score (nSPS) is 13.2. The third-order valence-electron chi connectivity index (χ3n) is 4.35. The molecule has 0 unspecified atom stereocenters. The predicted octanol–water partition coefficient (Wildman–Crippen LogP) is 4.10. The molecule has 4 rings (SSSR count). The summed E-state index contributed by atoms with van der Waals surface area (Å²) >= 11 is 0. The molecule has 6 nitrogen and oxygen atoms in total. The molecule has 1 N–H and O–H groups in total. The van der Waals surface area contributed by atoms with Gasteiger partial charge in [-0.15, -0.1) is 5.10 Å². The summed E-state index contributed by atoms with van der Waals surface area (Å²) in [5.41, 5.74) is 3.34. The summed E-state index contributed by atoms with van der Waals surface area (Å²) in [6.07, 6.45) is 3.78. The van der Waals surface area contributed by atoms with Gasteiger partial charge in [-0.25, -0.2) is 0 Å². The van der Waals surface area contributed by atoms with Gasteiger partial charge in [0.2, 0.25) is 0 Å². The average Bonchev–Trinajstić information content (AvgIpc) is 2.69. The first-order valence-electron chi connectivity index (χ1n) is 8.89. The van der Waals surface area contributed by atoms with Crippen LogP contribution >= 0.6 is 0 Å². The van der Waals surface area contributed by atoms with Gasteiger partial charge in [0.15, 0.2) is 5.82 Å². The number of hydrogen-bond donors (Lipinski definition) is 1. The Balaban J connectivity index is 1.63. The van der Waals surface area contributed by atoms with E-state index in [0.29, 0.717) is 18.4 Å². The second-order valence-corrected chi connectivity index (χ2v) is 6.08. The Morgan fingerprint density at radius 3 is 2.88 bits per heavy atom. The van der Waals surface area contributed by atoms with Crippen molar-refractivity contribution in [3.05, 3.63) is 60.3 Å². The SMILES string of the molecule is CCOc1ccccc1Nc1cnnc(N2CCCc3ccccc32)n1. The van der Waals surface area contributed by atoms with Crippen LogP contribution in [0.4, 0.5) is 23.1 Å². The molecule has 2 heterocycles. The highest BCUT2D eigenvalue weighted by Gasteiger charge is 2.20. The molecule has 0 amide bonds. The van der Waals surface area contributed by atoms with E-state index in [1.165, 1.54) is 5.56 Å². The first kappa shape index (κ1) is 16.3. The summed E-state index contributed by atoms with van der Waals surface area (Å²) in [5.74, 6) is 2.04. The third-order valence-corrected chi connectivity index (χ3v) is 4.35. The van der Waals surface area contributed by atoms with Crippen molar-refractivity contribution >= 4 is 23.1 Å². The maximum absolute atomic E-state index is 5.67. The van der Waals surface area contributed by atoms with E-state index in [9.17, 15) is 0 Å². The molecule has 3 aromatic rings. The van der Waals surface area contributed by atoms with Crippen LogP contribution in [0, 0.1) is 0 Å². The Labute approximate surface area is 152 Å². The van der Waals surface area contributed by atoms with Crippen molar-refractivity contribution in [2.75, 3.05) is 23.4 Å². The molecule has 0 spiro atoms. The number of ether oxygens (including phenoxy) is 1. The largest absolute Gasteiger partial charge is 0.492 e. The lowest BCUT2D eigenvalue weighted by Crippen LogP contribution is -2.26. The van der Waals surface area contributed by atoms with E-state index in [0.717, 1.165) is 36.5 Å². The fourth-order valence-corrected chi connectivity index (χ4v) is 3.20. The smallest absolute Gasteiger partial charge is 0.251 e. The topological polar surface area (TPSA) is 63.2 Å².